The summed E-state index contributed by atoms with van der Waals surface area (Å²) in [6, 6.07) is 4.92. The Morgan fingerprint density at radius 3 is 2.89 bits per heavy atom. The van der Waals surface area contributed by atoms with Crippen LogP contribution in [0.5, 0.6) is 0 Å². The minimum absolute atomic E-state index is 0.201. The highest BCUT2D eigenvalue weighted by molar-refractivity contribution is 6.35. The molecule has 0 amide bonds. The van der Waals surface area contributed by atoms with Crippen molar-refractivity contribution in [2.75, 3.05) is 7.11 Å². The van der Waals surface area contributed by atoms with E-state index in [0.717, 1.165) is 5.52 Å². The first-order valence-corrected chi connectivity index (χ1v) is 6.30. The maximum Gasteiger partial charge on any atom is 0.328 e. The van der Waals surface area contributed by atoms with Crippen LogP contribution >= 0.6 is 23.2 Å². The molecule has 1 heterocycles. The lowest BCUT2D eigenvalue weighted by atomic mass is 10.2. The third kappa shape index (κ3) is 2.06. The quantitative estimate of drug-likeness (QED) is 0.643. The number of benzene rings is 1. The zero-order valence-electron chi connectivity index (χ0n) is 9.98. The number of nitrogens with zero attached hydrogens (tertiary/aromatic N) is 2. The van der Waals surface area contributed by atoms with E-state index >= 15 is 0 Å². The number of para-hydroxylation sites is 1. The van der Waals surface area contributed by atoms with E-state index in [9.17, 15) is 4.79 Å². The topological polar surface area (TPSA) is 44.1 Å². The van der Waals surface area contributed by atoms with E-state index in [4.69, 9.17) is 27.9 Å². The van der Waals surface area contributed by atoms with Crippen molar-refractivity contribution < 1.29 is 9.53 Å². The Balaban J connectivity index is 2.68. The number of hydrogen-bond acceptors (Lipinski definition) is 3. The normalized spacial score (nSPS) is 12.7. The summed E-state index contributed by atoms with van der Waals surface area (Å²) in [5.74, 6) is 0.449. The summed E-state index contributed by atoms with van der Waals surface area (Å²) in [5.41, 5.74) is 1.42. The molecule has 1 aromatic heterocycles. The molecular weight excluding hydrogens is 275 g/mol. The van der Waals surface area contributed by atoms with Crippen LogP contribution in [0.15, 0.2) is 18.2 Å². The predicted molar refractivity (Wildman–Crippen MR) is 71.0 cm³/mol. The molecule has 6 heteroatoms. The molecule has 0 saturated carbocycles. The Bertz CT molecular complexity index is 595. The van der Waals surface area contributed by atoms with Crippen molar-refractivity contribution in [2.24, 2.45) is 0 Å². The molecule has 0 bridgehead atoms. The number of imidazole rings is 1. The van der Waals surface area contributed by atoms with Crippen molar-refractivity contribution in [1.29, 1.82) is 0 Å². The molecule has 1 atom stereocenters. The van der Waals surface area contributed by atoms with Crippen molar-refractivity contribution >= 4 is 40.2 Å². The van der Waals surface area contributed by atoms with Crippen molar-refractivity contribution in [3.63, 3.8) is 0 Å². The molecule has 2 rings (SSSR count). The minimum Gasteiger partial charge on any atom is -0.467 e. The molecule has 0 saturated heterocycles. The zero-order chi connectivity index (χ0) is 13.3. The number of alkyl halides is 1. The van der Waals surface area contributed by atoms with Crippen LogP contribution in [0.4, 0.5) is 0 Å². The van der Waals surface area contributed by atoms with Crippen LogP contribution in [0, 0.1) is 0 Å². The van der Waals surface area contributed by atoms with Gasteiger partial charge in [-0.25, -0.2) is 9.78 Å². The zero-order valence-corrected chi connectivity index (χ0v) is 11.5. The minimum atomic E-state index is -0.493. The Labute approximate surface area is 114 Å². The van der Waals surface area contributed by atoms with Crippen LogP contribution in [0.3, 0.4) is 0 Å². The summed E-state index contributed by atoms with van der Waals surface area (Å²) in [4.78, 5) is 16.0. The first kappa shape index (κ1) is 13.2. The smallest absolute Gasteiger partial charge is 0.328 e. The van der Waals surface area contributed by atoms with Gasteiger partial charge in [0.15, 0.2) is 0 Å². The van der Waals surface area contributed by atoms with Crippen LogP contribution in [0.25, 0.3) is 11.0 Å². The van der Waals surface area contributed by atoms with Crippen molar-refractivity contribution in [3.8, 4) is 0 Å². The van der Waals surface area contributed by atoms with Gasteiger partial charge in [0, 0.05) is 0 Å². The average molecular weight is 287 g/mol. The third-order valence-electron chi connectivity index (χ3n) is 2.79. The average Bonchev–Trinajstić information content (AvgIpc) is 2.76. The lowest BCUT2D eigenvalue weighted by Gasteiger charge is -2.14. The Kier molecular flexibility index (Phi) is 3.78. The van der Waals surface area contributed by atoms with Gasteiger partial charge >= 0.3 is 5.97 Å². The maximum atomic E-state index is 11.7. The largest absolute Gasteiger partial charge is 0.467 e. The van der Waals surface area contributed by atoms with E-state index in [2.05, 4.69) is 4.98 Å². The molecule has 1 unspecified atom stereocenters. The fourth-order valence-corrected chi connectivity index (χ4v) is 2.33. The van der Waals surface area contributed by atoms with Crippen LogP contribution in [0.2, 0.25) is 5.02 Å². The van der Waals surface area contributed by atoms with Gasteiger partial charge in [0.05, 0.1) is 23.5 Å². The van der Waals surface area contributed by atoms with E-state index in [1.165, 1.54) is 7.11 Å². The second-order valence-corrected chi connectivity index (χ2v) is 4.51. The molecule has 1 aromatic carbocycles. The number of halogens is 2. The predicted octanol–water partition coefficient (Wildman–Crippen LogP) is 3.16. The van der Waals surface area contributed by atoms with Gasteiger partial charge < -0.3 is 9.30 Å². The number of aromatic nitrogens is 2. The van der Waals surface area contributed by atoms with Crippen LogP contribution in [-0.2, 0) is 15.4 Å². The number of carbonyl (C=O) groups excluding carboxylic acids is 1. The standard InChI is InChI=1S/C12H12Cl2N2O2/c1-7(12(17)18-2)16-9-5-3-4-8(14)11(9)15-10(16)6-13/h3-5,7H,6H2,1-2H3. The molecule has 0 aliphatic rings. The number of carbonyl (C=O) groups is 1. The molecule has 4 nitrogen and oxygen atoms in total. The fraction of sp³-hybridized carbons (Fsp3) is 0.333. The van der Waals surface area contributed by atoms with Gasteiger partial charge in [-0.3, -0.25) is 0 Å². The monoisotopic (exact) mass is 286 g/mol. The van der Waals surface area contributed by atoms with Crippen molar-refractivity contribution in [2.45, 2.75) is 18.8 Å². The second kappa shape index (κ2) is 5.16. The molecule has 18 heavy (non-hydrogen) atoms. The number of rotatable bonds is 3. The Morgan fingerprint density at radius 2 is 2.28 bits per heavy atom. The van der Waals surface area contributed by atoms with Crippen molar-refractivity contribution in [3.05, 3.63) is 29.0 Å². The summed E-state index contributed by atoms with van der Waals surface area (Å²) >= 11 is 12.0. The van der Waals surface area contributed by atoms with Gasteiger partial charge in [-0.05, 0) is 19.1 Å². The molecule has 0 fully saturated rings. The van der Waals surface area contributed by atoms with Crippen LogP contribution in [0.1, 0.15) is 18.8 Å². The molecule has 2 aromatic rings. The fourth-order valence-electron chi connectivity index (χ4n) is 1.93. The van der Waals surface area contributed by atoms with Gasteiger partial charge in [0.2, 0.25) is 0 Å². The highest BCUT2D eigenvalue weighted by Crippen LogP contribution is 2.27. The molecule has 0 radical (unpaired) electrons. The van der Waals surface area contributed by atoms with E-state index in [1.807, 2.05) is 12.1 Å². The van der Waals surface area contributed by atoms with E-state index in [1.54, 1.807) is 17.6 Å². The molecular formula is C12H12Cl2N2O2. The van der Waals surface area contributed by atoms with E-state index in [0.29, 0.717) is 16.4 Å². The number of ether oxygens (including phenoxy) is 1. The van der Waals surface area contributed by atoms with Gasteiger partial charge in [-0.15, -0.1) is 11.6 Å². The van der Waals surface area contributed by atoms with Crippen LogP contribution in [-0.4, -0.2) is 22.6 Å². The summed E-state index contributed by atoms with van der Waals surface area (Å²) in [5, 5.41) is 0.537. The summed E-state index contributed by atoms with van der Waals surface area (Å²) in [6.45, 7) is 1.74. The van der Waals surface area contributed by atoms with Crippen LogP contribution < -0.4 is 0 Å². The van der Waals surface area contributed by atoms with Gasteiger partial charge in [0.25, 0.3) is 0 Å². The molecule has 0 spiro atoms. The SMILES string of the molecule is COC(=O)C(C)n1c(CCl)nc2c(Cl)cccc21. The van der Waals surface area contributed by atoms with Gasteiger partial charge in [-0.2, -0.15) is 0 Å². The Morgan fingerprint density at radius 1 is 1.56 bits per heavy atom. The number of fused-ring (bicyclic) bond motifs is 1. The molecule has 96 valence electrons. The molecule has 0 N–H and O–H groups in total. The number of esters is 1. The molecule has 0 aliphatic carbocycles. The van der Waals surface area contributed by atoms with E-state index in [-0.39, 0.29) is 11.8 Å². The van der Waals surface area contributed by atoms with Crippen molar-refractivity contribution in [1.82, 2.24) is 9.55 Å². The first-order valence-electron chi connectivity index (χ1n) is 5.39. The third-order valence-corrected chi connectivity index (χ3v) is 3.34. The molecule has 0 aliphatic heterocycles. The van der Waals surface area contributed by atoms with Gasteiger partial charge in [-0.1, -0.05) is 17.7 Å². The maximum absolute atomic E-state index is 11.7. The lowest BCUT2D eigenvalue weighted by Crippen LogP contribution is -2.19. The summed E-state index contributed by atoms with van der Waals surface area (Å²) < 4.78 is 6.50. The van der Waals surface area contributed by atoms with Gasteiger partial charge in [0.1, 0.15) is 17.4 Å². The lowest BCUT2D eigenvalue weighted by molar-refractivity contribution is -0.143. The highest BCUT2D eigenvalue weighted by Gasteiger charge is 2.22. The Hall–Kier alpha value is -1.26. The summed E-state index contributed by atoms with van der Waals surface area (Å²) in [7, 11) is 1.35. The van der Waals surface area contributed by atoms with E-state index < -0.39 is 6.04 Å². The first-order chi connectivity index (χ1) is 8.60. The summed E-state index contributed by atoms with van der Waals surface area (Å²) in [6.07, 6.45) is 0. The highest BCUT2D eigenvalue weighted by atomic mass is 35.5. The second-order valence-electron chi connectivity index (χ2n) is 3.84. The number of hydrogen-bond donors (Lipinski definition) is 0. The number of methoxy groups -OCH3 is 1.